The molecule has 1 heterocycles. The standard InChI is InChI=1S/3C4H9.C3H2NS.Sn/c3*1-4(2)3;1-2-5-3-4-1;/h3*4H,1H2,2-3H3;1-2H;. The normalized spacial score (nSPS) is 12.9. The van der Waals surface area contributed by atoms with Gasteiger partial charge in [0.15, 0.2) is 0 Å². The molecule has 104 valence electrons. The molecular weight excluding hydrogens is 345 g/mol. The third kappa shape index (κ3) is 4.84. The van der Waals surface area contributed by atoms with Crippen LogP contribution < -0.4 is 3.02 Å². The van der Waals surface area contributed by atoms with Gasteiger partial charge in [-0.3, -0.25) is 0 Å². The molecule has 1 nitrogen and oxygen atoms in total. The van der Waals surface area contributed by atoms with E-state index in [4.69, 9.17) is 4.98 Å². The molecule has 0 unspecified atom stereocenters. The van der Waals surface area contributed by atoms with Crippen LogP contribution >= 0.6 is 11.3 Å². The fraction of sp³-hybridized carbons (Fsp3) is 0.800. The van der Waals surface area contributed by atoms with Crippen molar-refractivity contribution in [1.82, 2.24) is 4.98 Å². The zero-order chi connectivity index (χ0) is 13.8. The summed E-state index contributed by atoms with van der Waals surface area (Å²) in [5.41, 5.74) is 0. The molecule has 0 amide bonds. The zero-order valence-electron chi connectivity index (χ0n) is 12.9. The van der Waals surface area contributed by atoms with E-state index < -0.39 is 18.4 Å². The van der Waals surface area contributed by atoms with Gasteiger partial charge in [0.2, 0.25) is 0 Å². The fourth-order valence-electron chi connectivity index (χ4n) is 3.34. The first-order chi connectivity index (χ1) is 8.35. The number of hydrogen-bond donors (Lipinski definition) is 0. The summed E-state index contributed by atoms with van der Waals surface area (Å²) < 4.78 is 5.98. The Morgan fingerprint density at radius 1 is 0.944 bits per heavy atom. The van der Waals surface area contributed by atoms with Crippen molar-refractivity contribution in [2.75, 3.05) is 0 Å². The molecule has 0 fully saturated rings. The van der Waals surface area contributed by atoms with Crippen LogP contribution in [-0.4, -0.2) is 23.4 Å². The van der Waals surface area contributed by atoms with E-state index in [-0.39, 0.29) is 0 Å². The van der Waals surface area contributed by atoms with Crippen LogP contribution in [0.15, 0.2) is 11.6 Å². The quantitative estimate of drug-likeness (QED) is 0.627. The van der Waals surface area contributed by atoms with E-state index in [9.17, 15) is 0 Å². The van der Waals surface area contributed by atoms with E-state index in [2.05, 4.69) is 46.9 Å². The molecule has 18 heavy (non-hydrogen) atoms. The summed E-state index contributed by atoms with van der Waals surface area (Å²) in [6, 6.07) is 0. The van der Waals surface area contributed by atoms with Crippen LogP contribution in [-0.2, 0) is 0 Å². The number of aromatic nitrogens is 1. The van der Waals surface area contributed by atoms with E-state index in [1.54, 1.807) is 3.02 Å². The van der Waals surface area contributed by atoms with E-state index in [1.807, 2.05) is 17.5 Å². The second-order valence-corrected chi connectivity index (χ2v) is 21.0. The fourth-order valence-corrected chi connectivity index (χ4v) is 25.7. The van der Waals surface area contributed by atoms with E-state index in [0.717, 1.165) is 17.8 Å². The predicted octanol–water partition coefficient (Wildman–Crippen LogP) is 4.77. The molecule has 0 aromatic carbocycles. The van der Waals surface area contributed by atoms with Gasteiger partial charge in [0.1, 0.15) is 0 Å². The van der Waals surface area contributed by atoms with Crippen molar-refractivity contribution in [3.05, 3.63) is 11.6 Å². The Labute approximate surface area is 121 Å². The van der Waals surface area contributed by atoms with Gasteiger partial charge >= 0.3 is 122 Å². The monoisotopic (exact) mass is 375 g/mol. The summed E-state index contributed by atoms with van der Waals surface area (Å²) in [7, 11) is 0. The average Bonchev–Trinajstić information content (AvgIpc) is 2.65. The summed E-state index contributed by atoms with van der Waals surface area (Å²) >= 11 is -0.332. The first kappa shape index (κ1) is 16.5. The summed E-state index contributed by atoms with van der Waals surface area (Å²) in [6.45, 7) is 14.3. The molecule has 0 radical (unpaired) electrons. The third-order valence-electron chi connectivity index (χ3n) is 3.28. The van der Waals surface area contributed by atoms with Crippen molar-refractivity contribution in [2.24, 2.45) is 17.8 Å². The number of hydrogen-bond acceptors (Lipinski definition) is 2. The molecule has 0 saturated carbocycles. The molecular formula is C15H29NSSn. The molecule has 0 aliphatic rings. The van der Waals surface area contributed by atoms with Gasteiger partial charge in [-0.1, -0.05) is 0 Å². The number of nitrogens with zero attached hydrogens (tertiary/aromatic N) is 1. The van der Waals surface area contributed by atoms with Crippen LogP contribution in [0.2, 0.25) is 13.3 Å². The molecule has 1 rings (SSSR count). The van der Waals surface area contributed by atoms with E-state index in [0.29, 0.717) is 0 Å². The van der Waals surface area contributed by atoms with Gasteiger partial charge in [0.05, 0.1) is 0 Å². The Morgan fingerprint density at radius 3 is 1.67 bits per heavy atom. The first-order valence-corrected chi connectivity index (χ1v) is 15.6. The van der Waals surface area contributed by atoms with Gasteiger partial charge in [-0.05, 0) is 0 Å². The number of thiazole rings is 1. The molecule has 1 aromatic heterocycles. The molecule has 0 N–H and O–H groups in total. The van der Waals surface area contributed by atoms with Crippen LogP contribution in [0.5, 0.6) is 0 Å². The summed E-state index contributed by atoms with van der Waals surface area (Å²) in [4.78, 5) is 4.76. The molecule has 1 aromatic rings. The van der Waals surface area contributed by atoms with Crippen molar-refractivity contribution in [1.29, 1.82) is 0 Å². The van der Waals surface area contributed by atoms with Gasteiger partial charge in [-0.25, -0.2) is 0 Å². The van der Waals surface area contributed by atoms with Gasteiger partial charge in [-0.2, -0.15) is 0 Å². The van der Waals surface area contributed by atoms with Crippen LogP contribution in [0.25, 0.3) is 0 Å². The van der Waals surface area contributed by atoms with Gasteiger partial charge in [0.25, 0.3) is 0 Å². The topological polar surface area (TPSA) is 12.9 Å². The Kier molecular flexibility index (Phi) is 6.66. The molecule has 0 aliphatic carbocycles. The molecule has 0 saturated heterocycles. The maximum absolute atomic E-state index is 4.76. The Morgan fingerprint density at radius 2 is 1.39 bits per heavy atom. The molecule has 0 bridgehead atoms. The van der Waals surface area contributed by atoms with Crippen LogP contribution in [0.1, 0.15) is 41.5 Å². The summed E-state index contributed by atoms with van der Waals surface area (Å²) in [5, 5.41) is 2.18. The van der Waals surface area contributed by atoms with Crippen molar-refractivity contribution >= 4 is 32.7 Å². The number of rotatable bonds is 7. The first-order valence-electron chi connectivity index (χ1n) is 7.25. The predicted molar refractivity (Wildman–Crippen MR) is 86.4 cm³/mol. The van der Waals surface area contributed by atoms with Crippen LogP contribution in [0, 0.1) is 17.8 Å². The Bertz CT molecular complexity index is 304. The van der Waals surface area contributed by atoms with Gasteiger partial charge in [0, 0.05) is 0 Å². The zero-order valence-corrected chi connectivity index (χ0v) is 16.5. The Hall–Kier alpha value is 0.429. The van der Waals surface area contributed by atoms with Crippen molar-refractivity contribution in [3.63, 3.8) is 0 Å². The maximum atomic E-state index is 4.76. The van der Waals surface area contributed by atoms with E-state index >= 15 is 0 Å². The molecule has 0 atom stereocenters. The summed E-state index contributed by atoms with van der Waals surface area (Å²) in [5.74, 6) is 2.46. The van der Waals surface area contributed by atoms with E-state index in [1.165, 1.54) is 13.3 Å². The SMILES string of the molecule is CC(C)[CH2][Sn]([CH2]C(C)C)([CH2]C(C)C)[c]1nccs1. The average molecular weight is 374 g/mol. The van der Waals surface area contributed by atoms with Gasteiger partial charge < -0.3 is 0 Å². The molecule has 0 aliphatic heterocycles. The molecule has 3 heteroatoms. The van der Waals surface area contributed by atoms with Crippen molar-refractivity contribution in [3.8, 4) is 0 Å². The second kappa shape index (κ2) is 7.27. The molecule has 0 spiro atoms. The Balaban J connectivity index is 3.07. The second-order valence-electron chi connectivity index (χ2n) is 6.91. The minimum absolute atomic E-state index is 0.821. The summed E-state index contributed by atoms with van der Waals surface area (Å²) in [6.07, 6.45) is 2.02. The van der Waals surface area contributed by atoms with Crippen molar-refractivity contribution < 1.29 is 0 Å². The minimum atomic E-state index is -2.27. The van der Waals surface area contributed by atoms with Crippen LogP contribution in [0.3, 0.4) is 0 Å². The van der Waals surface area contributed by atoms with Gasteiger partial charge in [-0.15, -0.1) is 0 Å². The van der Waals surface area contributed by atoms with Crippen molar-refractivity contribution in [2.45, 2.75) is 54.9 Å². The van der Waals surface area contributed by atoms with Crippen LogP contribution in [0.4, 0.5) is 0 Å². The third-order valence-corrected chi connectivity index (χ3v) is 24.4.